The van der Waals surface area contributed by atoms with E-state index in [9.17, 15) is 9.59 Å². The third-order valence-electron chi connectivity index (χ3n) is 7.56. The molecule has 1 heterocycles. The number of rotatable bonds is 6. The third kappa shape index (κ3) is 4.08. The Labute approximate surface area is 191 Å². The van der Waals surface area contributed by atoms with Crippen molar-refractivity contribution < 1.29 is 14.1 Å². The number of amides is 1. The fourth-order valence-electron chi connectivity index (χ4n) is 6.63. The number of hydrogen-bond acceptors (Lipinski definition) is 5. The van der Waals surface area contributed by atoms with Crippen LogP contribution in [0.1, 0.15) is 54.4 Å². The van der Waals surface area contributed by atoms with Gasteiger partial charge in [-0.15, -0.1) is 0 Å². The van der Waals surface area contributed by atoms with Gasteiger partial charge >= 0.3 is 5.76 Å². The van der Waals surface area contributed by atoms with Crippen LogP contribution in [0.15, 0.2) is 57.8 Å². The van der Waals surface area contributed by atoms with Crippen LogP contribution in [0.3, 0.4) is 0 Å². The minimum absolute atomic E-state index is 0.000862. The van der Waals surface area contributed by atoms with Crippen molar-refractivity contribution in [3.8, 4) is 17.1 Å². The fourth-order valence-corrected chi connectivity index (χ4v) is 6.63. The first-order valence-corrected chi connectivity index (χ1v) is 11.7. The number of nitrogens with zero attached hydrogens (tertiary/aromatic N) is 1. The molecule has 0 aliphatic heterocycles. The second-order valence-electron chi connectivity index (χ2n) is 10.1. The second kappa shape index (κ2) is 7.90. The minimum Gasteiger partial charge on any atom is -0.489 e. The number of carbonyl (C=O) groups excluding carboxylic acids is 1. The monoisotopic (exact) mass is 445 g/mol. The van der Waals surface area contributed by atoms with Crippen molar-refractivity contribution in [3.05, 3.63) is 70.2 Å². The van der Waals surface area contributed by atoms with Gasteiger partial charge in [-0.3, -0.25) is 14.3 Å². The van der Waals surface area contributed by atoms with Crippen LogP contribution in [0.4, 0.5) is 0 Å². The number of aromatic amines is 1. The summed E-state index contributed by atoms with van der Waals surface area (Å²) >= 11 is 0. The molecule has 7 rings (SSSR count). The van der Waals surface area contributed by atoms with Crippen molar-refractivity contribution in [1.29, 1.82) is 0 Å². The van der Waals surface area contributed by atoms with E-state index in [4.69, 9.17) is 4.74 Å². The van der Waals surface area contributed by atoms with Gasteiger partial charge in [0.05, 0.1) is 0 Å². The lowest BCUT2D eigenvalue weighted by Crippen LogP contribution is -2.59. The molecule has 1 aromatic heterocycles. The van der Waals surface area contributed by atoms with Crippen molar-refractivity contribution in [1.82, 2.24) is 15.5 Å². The fraction of sp³-hybridized carbons (Fsp3) is 0.423. The topological polar surface area (TPSA) is 97.2 Å². The van der Waals surface area contributed by atoms with Gasteiger partial charge in [-0.05, 0) is 86.1 Å². The molecule has 4 aliphatic carbocycles. The number of ether oxygens (including phenoxy) is 1. The van der Waals surface area contributed by atoms with Gasteiger partial charge in [-0.2, -0.15) is 0 Å². The van der Waals surface area contributed by atoms with E-state index in [-0.39, 0.29) is 11.4 Å². The van der Waals surface area contributed by atoms with Crippen molar-refractivity contribution in [2.75, 3.05) is 0 Å². The van der Waals surface area contributed by atoms with Crippen LogP contribution in [0, 0.1) is 17.8 Å². The largest absolute Gasteiger partial charge is 0.489 e. The molecule has 4 aliphatic rings. The van der Waals surface area contributed by atoms with E-state index < -0.39 is 5.76 Å². The Hall–Kier alpha value is -3.35. The standard InChI is InChI=1S/C26H27N3O4/c30-24(28-26-12-17-7-18(13-26)9-19(8-17)14-26)21-5-1-3-16(10-21)15-32-22-6-2-4-20(11-22)23-27-25(31)33-29-23/h1-6,10-11,17-19H,7-9,12-15H2,(H,28,30)(H,27,29,31). The summed E-state index contributed by atoms with van der Waals surface area (Å²) in [6.07, 6.45) is 7.49. The maximum absolute atomic E-state index is 13.2. The summed E-state index contributed by atoms with van der Waals surface area (Å²) < 4.78 is 10.5. The molecular weight excluding hydrogens is 418 g/mol. The summed E-state index contributed by atoms with van der Waals surface area (Å²) in [5.74, 6) is 2.80. The zero-order valence-electron chi connectivity index (χ0n) is 18.4. The van der Waals surface area contributed by atoms with E-state index in [0.717, 1.165) is 42.6 Å². The number of nitrogens with one attached hydrogen (secondary N) is 2. The number of aromatic nitrogens is 2. The molecule has 33 heavy (non-hydrogen) atoms. The lowest BCUT2D eigenvalue weighted by Gasteiger charge is -2.56. The first kappa shape index (κ1) is 20.3. The molecule has 2 aromatic carbocycles. The lowest BCUT2D eigenvalue weighted by atomic mass is 9.53. The first-order valence-electron chi connectivity index (χ1n) is 11.7. The average molecular weight is 446 g/mol. The summed E-state index contributed by atoms with van der Waals surface area (Å²) in [5, 5.41) is 7.15. The molecule has 0 spiro atoms. The second-order valence-corrected chi connectivity index (χ2v) is 10.1. The highest BCUT2D eigenvalue weighted by Gasteiger charge is 2.51. The molecule has 0 radical (unpaired) electrons. The Kier molecular flexibility index (Phi) is 4.85. The summed E-state index contributed by atoms with van der Waals surface area (Å²) in [5.41, 5.74) is 2.30. The molecule has 7 nitrogen and oxygen atoms in total. The SMILES string of the molecule is O=C(NC12CC3CC(CC(C3)C1)C2)c1cccc(COc2cccc(-c3noc(=O)[nH]3)c2)c1. The molecule has 4 saturated carbocycles. The third-order valence-corrected chi connectivity index (χ3v) is 7.56. The van der Waals surface area contributed by atoms with E-state index in [0.29, 0.717) is 29.3 Å². The molecule has 2 N–H and O–H groups in total. The normalized spacial score (nSPS) is 27.5. The van der Waals surface area contributed by atoms with E-state index in [1.165, 1.54) is 19.3 Å². The van der Waals surface area contributed by atoms with Gasteiger partial charge in [0.2, 0.25) is 0 Å². The van der Waals surface area contributed by atoms with Crippen LogP contribution in [0.5, 0.6) is 5.75 Å². The van der Waals surface area contributed by atoms with Gasteiger partial charge in [0, 0.05) is 16.7 Å². The van der Waals surface area contributed by atoms with Crippen molar-refractivity contribution in [2.45, 2.75) is 50.7 Å². The lowest BCUT2D eigenvalue weighted by molar-refractivity contribution is -0.0167. The van der Waals surface area contributed by atoms with Crippen LogP contribution in [-0.4, -0.2) is 21.6 Å². The van der Waals surface area contributed by atoms with Gasteiger partial charge < -0.3 is 10.1 Å². The summed E-state index contributed by atoms with van der Waals surface area (Å²) in [7, 11) is 0. The summed E-state index contributed by atoms with van der Waals surface area (Å²) in [4.78, 5) is 26.9. The van der Waals surface area contributed by atoms with Gasteiger partial charge in [0.25, 0.3) is 5.91 Å². The van der Waals surface area contributed by atoms with Crippen molar-refractivity contribution in [2.24, 2.45) is 17.8 Å². The van der Waals surface area contributed by atoms with Crippen LogP contribution in [-0.2, 0) is 6.61 Å². The van der Waals surface area contributed by atoms with E-state index >= 15 is 0 Å². The average Bonchev–Trinajstić information content (AvgIpc) is 3.23. The molecule has 0 saturated heterocycles. The van der Waals surface area contributed by atoms with Gasteiger partial charge in [0.1, 0.15) is 12.4 Å². The van der Waals surface area contributed by atoms with Crippen LogP contribution in [0.2, 0.25) is 0 Å². The molecule has 7 heteroatoms. The molecule has 3 aromatic rings. The summed E-state index contributed by atoms with van der Waals surface area (Å²) in [6.45, 7) is 0.331. The zero-order valence-corrected chi connectivity index (χ0v) is 18.4. The molecule has 4 fully saturated rings. The van der Waals surface area contributed by atoms with E-state index in [1.807, 2.05) is 42.5 Å². The van der Waals surface area contributed by atoms with Crippen molar-refractivity contribution in [3.63, 3.8) is 0 Å². The van der Waals surface area contributed by atoms with Gasteiger partial charge in [0.15, 0.2) is 5.82 Å². The Balaban J connectivity index is 1.13. The van der Waals surface area contributed by atoms with E-state index in [2.05, 4.69) is 20.0 Å². The Morgan fingerprint density at radius 3 is 2.48 bits per heavy atom. The zero-order chi connectivity index (χ0) is 22.4. The molecule has 170 valence electrons. The van der Waals surface area contributed by atoms with Crippen LogP contribution < -0.4 is 15.8 Å². The van der Waals surface area contributed by atoms with Crippen molar-refractivity contribution >= 4 is 5.91 Å². The van der Waals surface area contributed by atoms with Crippen LogP contribution >= 0.6 is 0 Å². The summed E-state index contributed by atoms with van der Waals surface area (Å²) in [6, 6.07) is 14.9. The molecular formula is C26H27N3O4. The highest BCUT2D eigenvalue weighted by molar-refractivity contribution is 5.94. The minimum atomic E-state index is -0.597. The Bertz CT molecular complexity index is 1210. The number of hydrogen-bond donors (Lipinski definition) is 2. The maximum Gasteiger partial charge on any atom is 0.439 e. The van der Waals surface area contributed by atoms with E-state index in [1.54, 1.807) is 6.07 Å². The number of benzene rings is 2. The maximum atomic E-state index is 13.2. The first-order chi connectivity index (χ1) is 16.0. The Morgan fingerprint density at radius 1 is 1.06 bits per heavy atom. The highest BCUT2D eigenvalue weighted by atomic mass is 16.5. The van der Waals surface area contributed by atoms with Gasteiger partial charge in [-0.25, -0.2) is 4.79 Å². The molecule has 1 amide bonds. The number of H-pyrrole nitrogens is 1. The quantitative estimate of drug-likeness (QED) is 0.589. The smallest absolute Gasteiger partial charge is 0.439 e. The Morgan fingerprint density at radius 2 is 1.79 bits per heavy atom. The number of carbonyl (C=O) groups is 1. The molecule has 4 bridgehead atoms. The van der Waals surface area contributed by atoms with Crippen LogP contribution in [0.25, 0.3) is 11.4 Å². The highest BCUT2D eigenvalue weighted by Crippen LogP contribution is 2.55. The molecule has 0 atom stereocenters. The predicted octanol–water partition coefficient (Wildman–Crippen LogP) is 4.31. The van der Waals surface area contributed by atoms with Gasteiger partial charge in [-0.1, -0.05) is 29.4 Å². The predicted molar refractivity (Wildman–Crippen MR) is 122 cm³/mol. The molecule has 0 unspecified atom stereocenters.